The molecule has 114 valence electrons. The first-order chi connectivity index (χ1) is 10.7. The number of nitrogens with zero attached hydrogens (tertiary/aromatic N) is 4. The van der Waals surface area contributed by atoms with E-state index in [2.05, 4.69) is 20.6 Å². The standard InChI is InChI=1S/C15H17N5O2/c21-14(22)15-6-9(15)5-10(7-15)16-11-3-4-12-17-18-13(8-1-2-8)20(12)19-11/h3-4,8-10H,1-2,5-7H2,(H,16,19)(H,21,22)/t9-,10+,15+/m1/s1. The van der Waals surface area contributed by atoms with Gasteiger partial charge >= 0.3 is 5.97 Å². The van der Waals surface area contributed by atoms with Gasteiger partial charge in [0.1, 0.15) is 5.82 Å². The zero-order valence-corrected chi connectivity index (χ0v) is 12.1. The van der Waals surface area contributed by atoms with Crippen molar-refractivity contribution in [2.45, 2.75) is 44.1 Å². The van der Waals surface area contributed by atoms with E-state index in [1.807, 2.05) is 16.6 Å². The molecule has 7 nitrogen and oxygen atoms in total. The highest BCUT2D eigenvalue weighted by Crippen LogP contribution is 2.63. The molecule has 0 unspecified atom stereocenters. The molecule has 22 heavy (non-hydrogen) atoms. The summed E-state index contributed by atoms with van der Waals surface area (Å²) in [6.07, 6.45) is 4.77. The van der Waals surface area contributed by atoms with Gasteiger partial charge < -0.3 is 10.4 Å². The largest absolute Gasteiger partial charge is 0.481 e. The Morgan fingerprint density at radius 3 is 2.91 bits per heavy atom. The smallest absolute Gasteiger partial charge is 0.310 e. The molecule has 2 aromatic rings. The first kappa shape index (κ1) is 12.4. The summed E-state index contributed by atoms with van der Waals surface area (Å²) in [7, 11) is 0. The summed E-state index contributed by atoms with van der Waals surface area (Å²) < 4.78 is 1.82. The predicted molar refractivity (Wildman–Crippen MR) is 77.6 cm³/mol. The molecule has 0 bridgehead atoms. The Hall–Kier alpha value is -2.18. The Bertz CT molecular complexity index is 783. The molecule has 0 aromatic carbocycles. The van der Waals surface area contributed by atoms with Crippen LogP contribution in [0, 0.1) is 11.3 Å². The number of hydrogen-bond donors (Lipinski definition) is 2. The number of rotatable bonds is 4. The molecule has 0 amide bonds. The maximum atomic E-state index is 11.4. The minimum atomic E-state index is -0.639. The molecule has 3 fully saturated rings. The molecule has 2 N–H and O–H groups in total. The van der Waals surface area contributed by atoms with Gasteiger partial charge in [-0.1, -0.05) is 0 Å². The number of carbonyl (C=O) groups is 1. The zero-order valence-electron chi connectivity index (χ0n) is 12.1. The Labute approximate surface area is 126 Å². The number of fused-ring (bicyclic) bond motifs is 2. The summed E-state index contributed by atoms with van der Waals surface area (Å²) in [6.45, 7) is 0. The first-order valence-electron chi connectivity index (χ1n) is 7.88. The van der Waals surface area contributed by atoms with Crippen LogP contribution in [0.15, 0.2) is 12.1 Å². The van der Waals surface area contributed by atoms with Gasteiger partial charge in [-0.2, -0.15) is 4.52 Å². The summed E-state index contributed by atoms with van der Waals surface area (Å²) in [4.78, 5) is 11.4. The summed E-state index contributed by atoms with van der Waals surface area (Å²) >= 11 is 0. The molecule has 3 aliphatic rings. The average molecular weight is 299 g/mol. The van der Waals surface area contributed by atoms with Crippen LogP contribution < -0.4 is 5.32 Å². The predicted octanol–water partition coefficient (Wildman–Crippen LogP) is 1.67. The van der Waals surface area contributed by atoms with Gasteiger partial charge in [0, 0.05) is 12.0 Å². The molecular formula is C15H17N5O2. The minimum absolute atomic E-state index is 0.195. The van der Waals surface area contributed by atoms with Gasteiger partial charge in [-0.25, -0.2) is 0 Å². The molecule has 7 heteroatoms. The lowest BCUT2D eigenvalue weighted by Crippen LogP contribution is -2.23. The fourth-order valence-corrected chi connectivity index (χ4v) is 3.95. The number of carboxylic acids is 1. The molecule has 3 aliphatic carbocycles. The minimum Gasteiger partial charge on any atom is -0.481 e. The van der Waals surface area contributed by atoms with E-state index in [-0.39, 0.29) is 6.04 Å². The number of aliphatic carboxylic acids is 1. The van der Waals surface area contributed by atoms with E-state index < -0.39 is 11.4 Å². The quantitative estimate of drug-likeness (QED) is 0.892. The number of aromatic nitrogens is 4. The molecule has 2 aromatic heterocycles. The molecule has 3 saturated carbocycles. The highest BCUT2D eigenvalue weighted by Gasteiger charge is 2.65. The van der Waals surface area contributed by atoms with Crippen LogP contribution in [-0.4, -0.2) is 36.9 Å². The van der Waals surface area contributed by atoms with Crippen molar-refractivity contribution in [2.75, 3.05) is 5.32 Å². The second-order valence-corrected chi connectivity index (χ2v) is 6.96. The van der Waals surface area contributed by atoms with Crippen molar-refractivity contribution >= 4 is 17.4 Å². The van der Waals surface area contributed by atoms with Gasteiger partial charge in [-0.3, -0.25) is 4.79 Å². The van der Waals surface area contributed by atoms with E-state index in [1.165, 1.54) is 0 Å². The van der Waals surface area contributed by atoms with Crippen molar-refractivity contribution in [3.05, 3.63) is 18.0 Å². The van der Waals surface area contributed by atoms with Crippen molar-refractivity contribution in [3.63, 3.8) is 0 Å². The molecular weight excluding hydrogens is 282 g/mol. The summed E-state index contributed by atoms with van der Waals surface area (Å²) in [5, 5.41) is 25.7. The van der Waals surface area contributed by atoms with Gasteiger partial charge in [0.2, 0.25) is 0 Å². The van der Waals surface area contributed by atoms with Crippen LogP contribution in [0.25, 0.3) is 5.65 Å². The SMILES string of the molecule is O=C(O)[C@@]12C[C@@H](Nc3ccc4nnc(C5CC5)n4n3)C[C@@H]1C2. The Morgan fingerprint density at radius 2 is 2.18 bits per heavy atom. The van der Waals surface area contributed by atoms with Crippen molar-refractivity contribution in [1.29, 1.82) is 0 Å². The first-order valence-corrected chi connectivity index (χ1v) is 7.88. The molecule has 0 aliphatic heterocycles. The van der Waals surface area contributed by atoms with Crippen LogP contribution in [0.1, 0.15) is 43.8 Å². The van der Waals surface area contributed by atoms with E-state index in [4.69, 9.17) is 0 Å². The maximum Gasteiger partial charge on any atom is 0.310 e. The second kappa shape index (κ2) is 3.97. The molecule has 2 heterocycles. The van der Waals surface area contributed by atoms with Crippen LogP contribution in [-0.2, 0) is 4.79 Å². The summed E-state index contributed by atoms with van der Waals surface area (Å²) in [5.74, 6) is 1.91. The normalized spacial score (nSPS) is 32.9. The monoisotopic (exact) mass is 299 g/mol. The third kappa shape index (κ3) is 1.68. The molecule has 0 radical (unpaired) electrons. The average Bonchev–Trinajstić information content (AvgIpc) is 3.39. The van der Waals surface area contributed by atoms with Crippen LogP contribution in [0.4, 0.5) is 5.82 Å². The lowest BCUT2D eigenvalue weighted by molar-refractivity contribution is -0.143. The Morgan fingerprint density at radius 1 is 1.32 bits per heavy atom. The third-order valence-corrected chi connectivity index (χ3v) is 5.42. The Balaban J connectivity index is 1.39. The lowest BCUT2D eigenvalue weighted by Gasteiger charge is -2.16. The van der Waals surface area contributed by atoms with Gasteiger partial charge in [0.25, 0.3) is 0 Å². The third-order valence-electron chi connectivity index (χ3n) is 5.42. The van der Waals surface area contributed by atoms with Crippen molar-refractivity contribution in [1.82, 2.24) is 19.8 Å². The fourth-order valence-electron chi connectivity index (χ4n) is 3.95. The topological polar surface area (TPSA) is 92.4 Å². The highest BCUT2D eigenvalue weighted by atomic mass is 16.4. The maximum absolute atomic E-state index is 11.4. The Kier molecular flexibility index (Phi) is 2.23. The summed E-state index contributed by atoms with van der Waals surface area (Å²) in [5.41, 5.74) is 0.307. The van der Waals surface area contributed by atoms with E-state index in [0.29, 0.717) is 18.3 Å². The van der Waals surface area contributed by atoms with E-state index in [9.17, 15) is 9.90 Å². The lowest BCUT2D eigenvalue weighted by atomic mass is 10.0. The van der Waals surface area contributed by atoms with Gasteiger partial charge in [-0.15, -0.1) is 15.3 Å². The van der Waals surface area contributed by atoms with E-state index in [0.717, 1.165) is 43.0 Å². The van der Waals surface area contributed by atoms with E-state index >= 15 is 0 Å². The van der Waals surface area contributed by atoms with Crippen LogP contribution in [0.2, 0.25) is 0 Å². The van der Waals surface area contributed by atoms with E-state index in [1.54, 1.807) is 0 Å². The van der Waals surface area contributed by atoms with Crippen molar-refractivity contribution in [2.24, 2.45) is 11.3 Å². The van der Waals surface area contributed by atoms with Crippen LogP contribution in [0.5, 0.6) is 0 Å². The van der Waals surface area contributed by atoms with Gasteiger partial charge in [0.15, 0.2) is 11.5 Å². The number of anilines is 1. The zero-order chi connectivity index (χ0) is 14.9. The highest BCUT2D eigenvalue weighted by molar-refractivity contribution is 5.79. The molecule has 3 atom stereocenters. The van der Waals surface area contributed by atoms with Crippen molar-refractivity contribution < 1.29 is 9.90 Å². The van der Waals surface area contributed by atoms with Crippen LogP contribution in [0.3, 0.4) is 0 Å². The van der Waals surface area contributed by atoms with Gasteiger partial charge in [0.05, 0.1) is 5.41 Å². The number of nitrogens with one attached hydrogen (secondary N) is 1. The summed E-state index contributed by atoms with van der Waals surface area (Å²) in [6, 6.07) is 4.01. The van der Waals surface area contributed by atoms with Gasteiger partial charge in [-0.05, 0) is 50.2 Å². The molecule has 0 spiro atoms. The second-order valence-electron chi connectivity index (χ2n) is 6.96. The number of hydrogen-bond acceptors (Lipinski definition) is 5. The molecule has 5 rings (SSSR count). The molecule has 0 saturated heterocycles. The van der Waals surface area contributed by atoms with Crippen LogP contribution >= 0.6 is 0 Å². The fraction of sp³-hybridized carbons (Fsp3) is 0.600. The number of carboxylic acid groups (broad SMARTS) is 1. The van der Waals surface area contributed by atoms with Crippen molar-refractivity contribution in [3.8, 4) is 0 Å².